The smallest absolute Gasteiger partial charge is 0.306 e. The van der Waals surface area contributed by atoms with Gasteiger partial charge in [0.25, 0.3) is 0 Å². The molecule has 1 aromatic heterocycles. The number of fused-ring (bicyclic) bond motifs is 1. The molecule has 0 spiro atoms. The molecule has 2 aromatic rings. The second kappa shape index (κ2) is 6.98. The zero-order valence-electron chi connectivity index (χ0n) is 13.8. The monoisotopic (exact) mass is 333 g/mol. The normalized spacial score (nSPS) is 13.7. The summed E-state index contributed by atoms with van der Waals surface area (Å²) in [4.78, 5) is 17.6. The average Bonchev–Trinajstić information content (AvgIpc) is 2.99. The molecule has 7 heteroatoms. The number of methoxy groups -OCH3 is 1. The van der Waals surface area contributed by atoms with Crippen LogP contribution in [-0.4, -0.2) is 29.8 Å². The third-order valence-corrected chi connectivity index (χ3v) is 4.15. The Labute approximate surface area is 139 Å². The highest BCUT2D eigenvalue weighted by molar-refractivity contribution is 5.69. The Morgan fingerprint density at radius 1 is 1.46 bits per heavy atom. The number of nitrogens with zero attached hydrogens (tertiary/aromatic N) is 3. The summed E-state index contributed by atoms with van der Waals surface area (Å²) >= 11 is 0. The Kier molecular flexibility index (Phi) is 4.78. The topological polar surface area (TPSA) is 68.5 Å². The SMILES string of the molecule is COC(=O)CCc1nc(CN2CCCc3cc(F)cc(C)c32)no1. The van der Waals surface area contributed by atoms with Crippen LogP contribution in [0, 0.1) is 12.7 Å². The number of anilines is 1. The van der Waals surface area contributed by atoms with E-state index < -0.39 is 0 Å². The van der Waals surface area contributed by atoms with Crippen molar-refractivity contribution < 1.29 is 18.4 Å². The Morgan fingerprint density at radius 2 is 2.29 bits per heavy atom. The van der Waals surface area contributed by atoms with Crippen LogP contribution < -0.4 is 4.90 Å². The van der Waals surface area contributed by atoms with Gasteiger partial charge in [-0.3, -0.25) is 4.79 Å². The van der Waals surface area contributed by atoms with E-state index >= 15 is 0 Å². The van der Waals surface area contributed by atoms with Crippen molar-refractivity contribution in [2.45, 2.75) is 39.2 Å². The zero-order chi connectivity index (χ0) is 17.1. The first kappa shape index (κ1) is 16.4. The molecule has 0 aliphatic carbocycles. The number of rotatable bonds is 5. The van der Waals surface area contributed by atoms with E-state index in [0.717, 1.165) is 36.2 Å². The third-order valence-electron chi connectivity index (χ3n) is 4.15. The quantitative estimate of drug-likeness (QED) is 0.784. The number of halogens is 1. The molecule has 1 aliphatic heterocycles. The molecule has 0 atom stereocenters. The lowest BCUT2D eigenvalue weighted by Crippen LogP contribution is -2.30. The van der Waals surface area contributed by atoms with Gasteiger partial charge in [-0.25, -0.2) is 4.39 Å². The summed E-state index contributed by atoms with van der Waals surface area (Å²) in [7, 11) is 1.35. The molecule has 0 saturated carbocycles. The largest absolute Gasteiger partial charge is 0.469 e. The van der Waals surface area contributed by atoms with Gasteiger partial charge in [0.1, 0.15) is 5.82 Å². The second-order valence-electron chi connectivity index (χ2n) is 5.94. The maximum absolute atomic E-state index is 13.6. The van der Waals surface area contributed by atoms with Crippen molar-refractivity contribution >= 4 is 11.7 Å². The van der Waals surface area contributed by atoms with Gasteiger partial charge in [-0.2, -0.15) is 4.98 Å². The number of aromatic nitrogens is 2. The van der Waals surface area contributed by atoms with E-state index in [4.69, 9.17) is 4.52 Å². The Hall–Kier alpha value is -2.44. The minimum Gasteiger partial charge on any atom is -0.469 e. The number of esters is 1. The molecule has 0 radical (unpaired) electrons. The van der Waals surface area contributed by atoms with E-state index in [0.29, 0.717) is 24.7 Å². The van der Waals surface area contributed by atoms with Crippen molar-refractivity contribution in [3.05, 3.63) is 40.8 Å². The van der Waals surface area contributed by atoms with Gasteiger partial charge >= 0.3 is 5.97 Å². The lowest BCUT2D eigenvalue weighted by molar-refractivity contribution is -0.140. The molecule has 24 heavy (non-hydrogen) atoms. The van der Waals surface area contributed by atoms with Gasteiger partial charge in [-0.05, 0) is 43.0 Å². The molecule has 1 aromatic carbocycles. The van der Waals surface area contributed by atoms with Crippen LogP contribution in [0.2, 0.25) is 0 Å². The van der Waals surface area contributed by atoms with Crippen molar-refractivity contribution in [1.29, 1.82) is 0 Å². The fraction of sp³-hybridized carbons (Fsp3) is 0.471. The summed E-state index contributed by atoms with van der Waals surface area (Å²) < 4.78 is 23.4. The lowest BCUT2D eigenvalue weighted by Gasteiger charge is -2.31. The zero-order valence-corrected chi connectivity index (χ0v) is 13.8. The van der Waals surface area contributed by atoms with Crippen LogP contribution in [-0.2, 0) is 28.9 Å². The number of benzene rings is 1. The summed E-state index contributed by atoms with van der Waals surface area (Å²) in [5.41, 5.74) is 3.00. The van der Waals surface area contributed by atoms with Gasteiger partial charge in [0.05, 0.1) is 20.1 Å². The van der Waals surface area contributed by atoms with Crippen LogP contribution in [0.4, 0.5) is 10.1 Å². The van der Waals surface area contributed by atoms with Gasteiger partial charge in [-0.1, -0.05) is 5.16 Å². The molecule has 0 unspecified atom stereocenters. The molecular formula is C17H20FN3O3. The van der Waals surface area contributed by atoms with Crippen molar-refractivity contribution in [2.75, 3.05) is 18.6 Å². The average molecular weight is 333 g/mol. The third kappa shape index (κ3) is 3.55. The number of hydrogen-bond donors (Lipinski definition) is 0. The van der Waals surface area contributed by atoms with Crippen LogP contribution in [0.5, 0.6) is 0 Å². The fourth-order valence-electron chi connectivity index (χ4n) is 3.12. The van der Waals surface area contributed by atoms with Crippen molar-refractivity contribution in [3.8, 4) is 0 Å². The van der Waals surface area contributed by atoms with E-state index in [1.54, 1.807) is 12.1 Å². The standard InChI is InChI=1S/C17H20FN3O3/c1-11-8-13(18)9-12-4-3-7-21(17(11)12)10-14-19-15(24-20-14)5-6-16(22)23-2/h8-9H,3-7,10H2,1-2H3. The predicted octanol–water partition coefficient (Wildman–Crippen LogP) is 2.58. The first-order chi connectivity index (χ1) is 11.6. The molecule has 3 rings (SSSR count). The molecular weight excluding hydrogens is 313 g/mol. The fourth-order valence-corrected chi connectivity index (χ4v) is 3.12. The van der Waals surface area contributed by atoms with E-state index in [1.165, 1.54) is 7.11 Å². The predicted molar refractivity (Wildman–Crippen MR) is 85.1 cm³/mol. The summed E-state index contributed by atoms with van der Waals surface area (Å²) in [5.74, 6) is 0.477. The number of hydrogen-bond acceptors (Lipinski definition) is 6. The number of ether oxygens (including phenoxy) is 1. The summed E-state index contributed by atoms with van der Waals surface area (Å²) in [6.07, 6.45) is 2.41. The van der Waals surface area contributed by atoms with E-state index in [1.807, 2.05) is 6.92 Å². The molecule has 0 N–H and O–H groups in total. The maximum Gasteiger partial charge on any atom is 0.306 e. The van der Waals surface area contributed by atoms with E-state index in [2.05, 4.69) is 19.8 Å². The molecule has 6 nitrogen and oxygen atoms in total. The first-order valence-electron chi connectivity index (χ1n) is 7.99. The Balaban J connectivity index is 1.72. The summed E-state index contributed by atoms with van der Waals surface area (Å²) in [6, 6.07) is 3.15. The number of carbonyl (C=O) groups excluding carboxylic acids is 1. The highest BCUT2D eigenvalue weighted by atomic mass is 19.1. The van der Waals surface area contributed by atoms with Crippen LogP contribution in [0.1, 0.15) is 35.7 Å². The van der Waals surface area contributed by atoms with Gasteiger partial charge in [-0.15, -0.1) is 0 Å². The molecule has 0 bridgehead atoms. The highest BCUT2D eigenvalue weighted by Crippen LogP contribution is 2.32. The van der Waals surface area contributed by atoms with Crippen molar-refractivity contribution in [1.82, 2.24) is 10.1 Å². The first-order valence-corrected chi connectivity index (χ1v) is 7.99. The van der Waals surface area contributed by atoms with E-state index in [-0.39, 0.29) is 18.2 Å². The summed E-state index contributed by atoms with van der Waals surface area (Å²) in [6.45, 7) is 3.28. The molecule has 0 saturated heterocycles. The molecule has 1 aliphatic rings. The Bertz CT molecular complexity index is 745. The minimum atomic E-state index is -0.308. The molecule has 128 valence electrons. The van der Waals surface area contributed by atoms with Crippen molar-refractivity contribution in [2.24, 2.45) is 0 Å². The van der Waals surface area contributed by atoms with Crippen molar-refractivity contribution in [3.63, 3.8) is 0 Å². The second-order valence-corrected chi connectivity index (χ2v) is 5.94. The maximum atomic E-state index is 13.6. The molecule has 2 heterocycles. The highest BCUT2D eigenvalue weighted by Gasteiger charge is 2.22. The van der Waals surface area contributed by atoms with Gasteiger partial charge in [0.15, 0.2) is 5.82 Å². The van der Waals surface area contributed by atoms with Gasteiger partial charge in [0, 0.05) is 18.7 Å². The van der Waals surface area contributed by atoms with Gasteiger partial charge in [0.2, 0.25) is 5.89 Å². The number of carbonyl (C=O) groups is 1. The summed E-state index contributed by atoms with van der Waals surface area (Å²) in [5, 5.41) is 3.98. The lowest BCUT2D eigenvalue weighted by atomic mass is 9.98. The number of aryl methyl sites for hydroxylation is 3. The van der Waals surface area contributed by atoms with Crippen LogP contribution in [0.15, 0.2) is 16.7 Å². The van der Waals surface area contributed by atoms with E-state index in [9.17, 15) is 9.18 Å². The van der Waals surface area contributed by atoms with Crippen LogP contribution >= 0.6 is 0 Å². The molecule has 0 amide bonds. The molecule has 0 fully saturated rings. The minimum absolute atomic E-state index is 0.197. The van der Waals surface area contributed by atoms with Crippen LogP contribution in [0.3, 0.4) is 0 Å². The van der Waals surface area contributed by atoms with Crippen LogP contribution in [0.25, 0.3) is 0 Å². The Morgan fingerprint density at radius 3 is 3.08 bits per heavy atom. The van der Waals surface area contributed by atoms with Gasteiger partial charge < -0.3 is 14.2 Å².